The molecule has 0 fully saturated rings. The van der Waals surface area contributed by atoms with E-state index >= 15 is 0 Å². The van der Waals surface area contributed by atoms with Gasteiger partial charge in [-0.2, -0.15) is 0 Å². The van der Waals surface area contributed by atoms with Gasteiger partial charge in [0.15, 0.2) is 0 Å². The molecule has 2 unspecified atom stereocenters. The monoisotopic (exact) mass is 244 g/mol. The maximum Gasteiger partial charge on any atom is 0.673 e. The van der Waals surface area contributed by atoms with Crippen LogP contribution in [0.25, 0.3) is 0 Å². The van der Waals surface area contributed by atoms with Crippen molar-refractivity contribution in [2.45, 2.75) is 0 Å². The van der Waals surface area contributed by atoms with Crippen LogP contribution in [0, 0.1) is 0 Å². The lowest BCUT2D eigenvalue weighted by atomic mass is 10.3. The zero-order valence-electron chi connectivity index (χ0n) is 6.18. The van der Waals surface area contributed by atoms with E-state index in [9.17, 15) is 34.5 Å². The van der Waals surface area contributed by atoms with Gasteiger partial charge in [-0.15, -0.1) is 0 Å². The van der Waals surface area contributed by atoms with Gasteiger partial charge < -0.3 is 34.5 Å². The molecular formula is H8B2F8P2. The van der Waals surface area contributed by atoms with Crippen molar-refractivity contribution in [3.05, 3.63) is 0 Å². The lowest BCUT2D eigenvalue weighted by molar-refractivity contribution is 0.366. The van der Waals surface area contributed by atoms with Crippen LogP contribution in [0.2, 0.25) is 0 Å². The molecule has 0 heterocycles. The summed E-state index contributed by atoms with van der Waals surface area (Å²) in [4.78, 5) is 0. The standard InChI is InChI=1S/2BF4.2H3P/c2*2-1(3,4)5;;/h;;2*1H3/q2*-1;;/p+2. The normalized spacial score (nSPS) is 10.0. The Morgan fingerprint density at radius 2 is 0.417 bits per heavy atom. The van der Waals surface area contributed by atoms with Gasteiger partial charge in [-0.05, 0) is 19.8 Å². The fraction of sp³-hybridized carbons (Fsp3) is 0. The highest BCUT2D eigenvalue weighted by Gasteiger charge is 2.21. The zero-order valence-corrected chi connectivity index (χ0v) is 10.2. The van der Waals surface area contributed by atoms with Crippen LogP contribution in [0.4, 0.5) is 34.5 Å². The SMILES string of the molecule is F[B-](F)(F)F.F[B-](F)(F)F.[PH4+].[PH4+]. The van der Waals surface area contributed by atoms with Gasteiger partial charge in [0.05, 0.1) is 0 Å². The van der Waals surface area contributed by atoms with Crippen LogP contribution in [0.15, 0.2) is 0 Å². The third-order valence-corrected chi connectivity index (χ3v) is 0. The molecule has 0 rings (SSSR count). The Kier molecular flexibility index (Phi) is 15.3. The minimum absolute atomic E-state index is 0. The van der Waals surface area contributed by atoms with Crippen LogP contribution in [-0.4, -0.2) is 14.5 Å². The Morgan fingerprint density at radius 1 is 0.417 bits per heavy atom. The second-order valence-corrected chi connectivity index (χ2v) is 0.990. The maximum absolute atomic E-state index is 9.75. The summed E-state index contributed by atoms with van der Waals surface area (Å²) in [7, 11) is -12.0. The minimum Gasteiger partial charge on any atom is -0.418 e. The van der Waals surface area contributed by atoms with Crippen LogP contribution in [0.1, 0.15) is 0 Å². The fourth-order valence-corrected chi connectivity index (χ4v) is 0. The highest BCUT2D eigenvalue weighted by molar-refractivity contribution is 6.92. The van der Waals surface area contributed by atoms with Crippen LogP contribution >= 0.6 is 19.8 Å². The van der Waals surface area contributed by atoms with Crippen molar-refractivity contribution in [3.8, 4) is 0 Å². The molecule has 0 saturated heterocycles. The highest BCUT2D eigenvalue weighted by atomic mass is 31.0. The molecule has 2 atom stereocenters. The van der Waals surface area contributed by atoms with E-state index in [0.717, 1.165) is 0 Å². The van der Waals surface area contributed by atoms with E-state index in [1.165, 1.54) is 0 Å². The summed E-state index contributed by atoms with van der Waals surface area (Å²) in [6.45, 7) is 0. The summed E-state index contributed by atoms with van der Waals surface area (Å²) < 4.78 is 78.0. The van der Waals surface area contributed by atoms with Gasteiger partial charge in [-0.1, -0.05) is 0 Å². The molecule has 0 nitrogen and oxygen atoms in total. The third kappa shape index (κ3) is 5020. The van der Waals surface area contributed by atoms with Gasteiger partial charge in [0.2, 0.25) is 0 Å². The van der Waals surface area contributed by atoms with E-state index in [2.05, 4.69) is 0 Å². The first-order chi connectivity index (χ1) is 4.00. The van der Waals surface area contributed by atoms with Crippen molar-refractivity contribution in [1.29, 1.82) is 0 Å². The van der Waals surface area contributed by atoms with Gasteiger partial charge in [0, 0.05) is 0 Å². The molecular weight excluding hydrogens is 236 g/mol. The summed E-state index contributed by atoms with van der Waals surface area (Å²) in [6.07, 6.45) is 0. The van der Waals surface area contributed by atoms with Crippen molar-refractivity contribution in [2.24, 2.45) is 0 Å². The summed E-state index contributed by atoms with van der Waals surface area (Å²) in [5, 5.41) is 0. The second-order valence-electron chi connectivity index (χ2n) is 0.990. The topological polar surface area (TPSA) is 0 Å². The Labute approximate surface area is 69.9 Å². The van der Waals surface area contributed by atoms with Gasteiger partial charge >= 0.3 is 14.5 Å². The number of halogens is 8. The average Bonchev–Trinajstić information content (AvgIpc) is 1.12. The first-order valence-corrected chi connectivity index (χ1v) is 1.75. The molecule has 0 aromatic rings. The molecule has 0 aromatic carbocycles. The lowest BCUT2D eigenvalue weighted by Crippen LogP contribution is -2.02. The molecule has 0 aromatic heterocycles. The predicted octanol–water partition coefficient (Wildman–Crippen LogP) is 2.18. The number of hydrogen-bond acceptors (Lipinski definition) is 0. The first-order valence-electron chi connectivity index (χ1n) is 1.75. The maximum atomic E-state index is 9.75. The number of hydrogen-bond donors (Lipinski definition) is 0. The molecule has 0 aliphatic heterocycles. The van der Waals surface area contributed by atoms with E-state index in [1.54, 1.807) is 0 Å². The van der Waals surface area contributed by atoms with Crippen molar-refractivity contribution in [2.75, 3.05) is 0 Å². The third-order valence-electron chi connectivity index (χ3n) is 0. The minimum atomic E-state index is -6.00. The van der Waals surface area contributed by atoms with E-state index in [1.807, 2.05) is 0 Å². The van der Waals surface area contributed by atoms with Crippen LogP contribution in [-0.2, 0) is 0 Å². The molecule has 0 N–H and O–H groups in total. The Bertz CT molecular complexity index is 58.0. The number of rotatable bonds is 0. The van der Waals surface area contributed by atoms with E-state index in [-0.39, 0.29) is 19.8 Å². The summed E-state index contributed by atoms with van der Waals surface area (Å²) >= 11 is 0. The second kappa shape index (κ2) is 8.05. The van der Waals surface area contributed by atoms with Crippen LogP contribution in [0.3, 0.4) is 0 Å². The van der Waals surface area contributed by atoms with Crippen molar-refractivity contribution in [3.63, 3.8) is 0 Å². The van der Waals surface area contributed by atoms with Gasteiger partial charge in [0.1, 0.15) is 0 Å². The predicted molar refractivity (Wildman–Crippen MR) is 45.4 cm³/mol. The van der Waals surface area contributed by atoms with Gasteiger partial charge in [0.25, 0.3) is 0 Å². The Balaban J connectivity index is -0.0000000457. The van der Waals surface area contributed by atoms with Crippen molar-refractivity contribution in [1.82, 2.24) is 0 Å². The highest BCUT2D eigenvalue weighted by Crippen LogP contribution is 2.07. The van der Waals surface area contributed by atoms with E-state index in [4.69, 9.17) is 0 Å². The van der Waals surface area contributed by atoms with E-state index < -0.39 is 14.5 Å². The molecule has 12 heavy (non-hydrogen) atoms. The van der Waals surface area contributed by atoms with E-state index in [0.29, 0.717) is 0 Å². The smallest absolute Gasteiger partial charge is 0.418 e. The zero-order chi connectivity index (χ0) is 9.00. The summed E-state index contributed by atoms with van der Waals surface area (Å²) in [6, 6.07) is 0. The molecule has 0 radical (unpaired) electrons. The van der Waals surface area contributed by atoms with Gasteiger partial charge in [-0.3, -0.25) is 0 Å². The Morgan fingerprint density at radius 3 is 0.417 bits per heavy atom. The van der Waals surface area contributed by atoms with Crippen LogP contribution in [0.5, 0.6) is 0 Å². The lowest BCUT2D eigenvalue weighted by Gasteiger charge is -1.94. The molecule has 0 bridgehead atoms. The first kappa shape index (κ1) is 22.9. The Hall–Kier alpha value is 0.430. The van der Waals surface area contributed by atoms with Gasteiger partial charge in [-0.25, -0.2) is 0 Å². The van der Waals surface area contributed by atoms with Crippen molar-refractivity contribution >= 4 is 34.3 Å². The van der Waals surface area contributed by atoms with Crippen LogP contribution < -0.4 is 0 Å². The molecule has 80 valence electrons. The molecule has 0 aliphatic rings. The fourth-order valence-electron chi connectivity index (χ4n) is 0. The summed E-state index contributed by atoms with van der Waals surface area (Å²) in [5.74, 6) is 0. The average molecular weight is 244 g/mol. The van der Waals surface area contributed by atoms with Crippen molar-refractivity contribution < 1.29 is 34.5 Å². The summed E-state index contributed by atoms with van der Waals surface area (Å²) in [5.41, 5.74) is 0. The molecule has 12 heteroatoms. The molecule has 0 saturated carbocycles. The largest absolute Gasteiger partial charge is 0.673 e. The molecule has 0 spiro atoms. The quantitative estimate of drug-likeness (QED) is 0.348. The molecule has 0 aliphatic carbocycles. The molecule has 0 amide bonds.